The van der Waals surface area contributed by atoms with Crippen molar-refractivity contribution < 1.29 is 4.79 Å². The third-order valence-electron chi connectivity index (χ3n) is 6.23. The van der Waals surface area contributed by atoms with Gasteiger partial charge in [-0.25, -0.2) is 4.98 Å². The second-order valence-electron chi connectivity index (χ2n) is 8.74. The zero-order valence-electron chi connectivity index (χ0n) is 19.9. The standard InChI is InChI=1S/C25H35N7O/c1-4-11-28-24-21-9-8-20(14-22(21)29-25(26-3)30-24)31-13-10-19(17-31)15-27-16-23(33)32-12-6-5-7-18(32)2/h8-10,13-14,17-18,27H,4-7,11-12,15-16H2,1-3H3,(H2,26,28,29,30). The van der Waals surface area contributed by atoms with Gasteiger partial charge in [0.05, 0.1) is 12.1 Å². The Morgan fingerprint density at radius 1 is 1.21 bits per heavy atom. The Kier molecular flexibility index (Phi) is 7.44. The highest BCUT2D eigenvalue weighted by atomic mass is 16.2. The number of piperidine rings is 1. The number of rotatable bonds is 9. The lowest BCUT2D eigenvalue weighted by Crippen LogP contribution is -2.45. The summed E-state index contributed by atoms with van der Waals surface area (Å²) in [6, 6.07) is 8.66. The lowest BCUT2D eigenvalue weighted by Gasteiger charge is -2.33. The average Bonchev–Trinajstić information content (AvgIpc) is 3.31. The third kappa shape index (κ3) is 5.45. The van der Waals surface area contributed by atoms with Gasteiger partial charge in [0.25, 0.3) is 0 Å². The van der Waals surface area contributed by atoms with E-state index < -0.39 is 0 Å². The van der Waals surface area contributed by atoms with E-state index >= 15 is 0 Å². The Labute approximate surface area is 195 Å². The molecule has 8 nitrogen and oxygen atoms in total. The zero-order valence-corrected chi connectivity index (χ0v) is 19.9. The largest absolute Gasteiger partial charge is 0.369 e. The van der Waals surface area contributed by atoms with E-state index in [2.05, 4.69) is 74.8 Å². The highest BCUT2D eigenvalue weighted by Crippen LogP contribution is 2.25. The molecule has 1 amide bonds. The van der Waals surface area contributed by atoms with Gasteiger partial charge in [-0.2, -0.15) is 4.98 Å². The first-order chi connectivity index (χ1) is 16.1. The summed E-state index contributed by atoms with van der Waals surface area (Å²) in [5.41, 5.74) is 3.06. The van der Waals surface area contributed by atoms with Crippen LogP contribution in [0.3, 0.4) is 0 Å². The van der Waals surface area contributed by atoms with Gasteiger partial charge in [0.15, 0.2) is 0 Å². The van der Waals surface area contributed by atoms with E-state index in [1.165, 1.54) is 6.42 Å². The third-order valence-corrected chi connectivity index (χ3v) is 6.23. The molecule has 0 aliphatic carbocycles. The minimum absolute atomic E-state index is 0.198. The average molecular weight is 450 g/mol. The molecule has 3 aromatic rings. The monoisotopic (exact) mass is 449 g/mol. The van der Waals surface area contributed by atoms with Crippen LogP contribution in [-0.4, -0.2) is 58.1 Å². The van der Waals surface area contributed by atoms with Gasteiger partial charge in [0.2, 0.25) is 11.9 Å². The first-order valence-corrected chi connectivity index (χ1v) is 12.0. The van der Waals surface area contributed by atoms with Crippen molar-refractivity contribution in [2.45, 2.75) is 52.1 Å². The zero-order chi connectivity index (χ0) is 23.2. The maximum atomic E-state index is 12.5. The fourth-order valence-electron chi connectivity index (χ4n) is 4.36. The lowest BCUT2D eigenvalue weighted by atomic mass is 10.0. The first kappa shape index (κ1) is 23.0. The number of nitrogens with one attached hydrogen (secondary N) is 3. The van der Waals surface area contributed by atoms with Gasteiger partial charge < -0.3 is 25.4 Å². The van der Waals surface area contributed by atoms with Crippen molar-refractivity contribution in [2.24, 2.45) is 0 Å². The molecule has 1 aromatic carbocycles. The molecule has 1 atom stereocenters. The molecule has 0 bridgehead atoms. The van der Waals surface area contributed by atoms with Crippen LogP contribution in [0, 0.1) is 0 Å². The second kappa shape index (κ2) is 10.7. The molecule has 0 saturated carbocycles. The predicted molar refractivity (Wildman–Crippen MR) is 134 cm³/mol. The van der Waals surface area contributed by atoms with E-state index in [4.69, 9.17) is 0 Å². The molecule has 0 spiro atoms. The van der Waals surface area contributed by atoms with Crippen LogP contribution in [0.4, 0.5) is 11.8 Å². The number of carbonyl (C=O) groups is 1. The number of anilines is 2. The van der Waals surface area contributed by atoms with Crippen molar-refractivity contribution in [3.63, 3.8) is 0 Å². The van der Waals surface area contributed by atoms with E-state index in [1.807, 2.05) is 18.1 Å². The summed E-state index contributed by atoms with van der Waals surface area (Å²) in [6.45, 7) is 7.07. The Hall–Kier alpha value is -3.13. The van der Waals surface area contributed by atoms with Crippen molar-refractivity contribution >= 4 is 28.6 Å². The number of hydrogen-bond donors (Lipinski definition) is 3. The summed E-state index contributed by atoms with van der Waals surface area (Å²) < 4.78 is 2.09. The van der Waals surface area contributed by atoms with Gasteiger partial charge >= 0.3 is 0 Å². The summed E-state index contributed by atoms with van der Waals surface area (Å²) >= 11 is 0. The molecule has 8 heteroatoms. The first-order valence-electron chi connectivity index (χ1n) is 12.0. The maximum Gasteiger partial charge on any atom is 0.236 e. The number of fused-ring (bicyclic) bond motifs is 1. The molecule has 1 aliphatic heterocycles. The number of likely N-dealkylation sites (tertiary alicyclic amines) is 1. The van der Waals surface area contributed by atoms with Gasteiger partial charge in [0, 0.05) is 56.2 Å². The second-order valence-corrected chi connectivity index (χ2v) is 8.74. The summed E-state index contributed by atoms with van der Waals surface area (Å²) in [7, 11) is 1.83. The minimum atomic E-state index is 0.198. The minimum Gasteiger partial charge on any atom is -0.369 e. The topological polar surface area (TPSA) is 87.1 Å². The van der Waals surface area contributed by atoms with Crippen molar-refractivity contribution in [2.75, 3.05) is 37.3 Å². The quantitative estimate of drug-likeness (QED) is 0.461. The van der Waals surface area contributed by atoms with Crippen molar-refractivity contribution in [3.8, 4) is 5.69 Å². The van der Waals surface area contributed by atoms with Gasteiger partial charge in [-0.1, -0.05) is 6.92 Å². The summed E-state index contributed by atoms with van der Waals surface area (Å²) in [5.74, 6) is 1.65. The Balaban J connectivity index is 1.43. The summed E-state index contributed by atoms with van der Waals surface area (Å²) in [5, 5.41) is 10.8. The molecular formula is C25H35N7O. The molecule has 2 aromatic heterocycles. The molecule has 1 unspecified atom stereocenters. The number of aromatic nitrogens is 3. The number of hydrogen-bond acceptors (Lipinski definition) is 6. The number of amides is 1. The van der Waals surface area contributed by atoms with E-state index in [0.717, 1.165) is 60.3 Å². The maximum absolute atomic E-state index is 12.5. The molecule has 176 valence electrons. The molecule has 1 saturated heterocycles. The Morgan fingerprint density at radius 3 is 2.88 bits per heavy atom. The Bertz CT molecular complexity index is 1090. The summed E-state index contributed by atoms with van der Waals surface area (Å²) in [6.07, 6.45) is 8.61. The molecule has 0 radical (unpaired) electrons. The van der Waals surface area contributed by atoms with Gasteiger partial charge in [-0.3, -0.25) is 4.79 Å². The number of nitrogens with zero attached hydrogens (tertiary/aromatic N) is 4. The highest BCUT2D eigenvalue weighted by molar-refractivity contribution is 5.91. The van der Waals surface area contributed by atoms with Crippen LogP contribution in [0.5, 0.6) is 0 Å². The van der Waals surface area contributed by atoms with Crippen molar-refractivity contribution in [1.82, 2.24) is 24.8 Å². The van der Waals surface area contributed by atoms with Crippen LogP contribution in [0.15, 0.2) is 36.7 Å². The van der Waals surface area contributed by atoms with Gasteiger partial charge in [0.1, 0.15) is 5.82 Å². The SMILES string of the molecule is CCCNc1nc(NC)nc2cc(-n3ccc(CNCC(=O)N4CCCCC4C)c3)ccc12. The van der Waals surface area contributed by atoms with E-state index in [1.54, 1.807) is 0 Å². The Morgan fingerprint density at radius 2 is 2.09 bits per heavy atom. The van der Waals surface area contributed by atoms with Crippen molar-refractivity contribution in [1.29, 1.82) is 0 Å². The molecular weight excluding hydrogens is 414 g/mol. The number of benzene rings is 1. The van der Waals surface area contributed by atoms with Crippen LogP contribution in [0.2, 0.25) is 0 Å². The smallest absolute Gasteiger partial charge is 0.236 e. The van der Waals surface area contributed by atoms with Crippen LogP contribution in [0.25, 0.3) is 16.6 Å². The van der Waals surface area contributed by atoms with Gasteiger partial charge in [-0.15, -0.1) is 0 Å². The van der Waals surface area contributed by atoms with E-state index in [0.29, 0.717) is 25.1 Å². The van der Waals surface area contributed by atoms with Crippen LogP contribution < -0.4 is 16.0 Å². The fraction of sp³-hybridized carbons (Fsp3) is 0.480. The van der Waals surface area contributed by atoms with Crippen LogP contribution >= 0.6 is 0 Å². The van der Waals surface area contributed by atoms with Gasteiger partial charge in [-0.05, 0) is 62.4 Å². The molecule has 4 rings (SSSR count). The molecule has 1 aliphatic rings. The normalized spacial score (nSPS) is 16.2. The number of carbonyl (C=O) groups excluding carboxylic acids is 1. The lowest BCUT2D eigenvalue weighted by molar-refractivity contribution is -0.133. The molecule has 1 fully saturated rings. The molecule has 33 heavy (non-hydrogen) atoms. The molecule has 3 heterocycles. The van der Waals surface area contributed by atoms with E-state index in [9.17, 15) is 4.79 Å². The van der Waals surface area contributed by atoms with Crippen molar-refractivity contribution in [3.05, 3.63) is 42.2 Å². The molecule has 3 N–H and O–H groups in total. The summed E-state index contributed by atoms with van der Waals surface area (Å²) in [4.78, 5) is 23.8. The highest BCUT2D eigenvalue weighted by Gasteiger charge is 2.22. The fourth-order valence-corrected chi connectivity index (χ4v) is 4.36. The van der Waals surface area contributed by atoms with E-state index in [-0.39, 0.29) is 5.91 Å². The predicted octanol–water partition coefficient (Wildman–Crippen LogP) is 3.77. The van der Waals surface area contributed by atoms with Crippen LogP contribution in [-0.2, 0) is 11.3 Å². The van der Waals surface area contributed by atoms with Crippen LogP contribution in [0.1, 0.15) is 45.1 Å².